The molecular formula is C14H22N2O4. The van der Waals surface area contributed by atoms with Crippen molar-refractivity contribution in [2.24, 2.45) is 5.73 Å². The smallest absolute Gasteiger partial charge is 0.241 e. The van der Waals surface area contributed by atoms with Gasteiger partial charge in [-0.05, 0) is 12.8 Å². The maximum absolute atomic E-state index is 11.9. The highest BCUT2D eigenvalue weighted by atomic mass is 16.5. The van der Waals surface area contributed by atoms with E-state index in [1.807, 2.05) is 0 Å². The average molecular weight is 282 g/mol. The molecular weight excluding hydrogens is 260 g/mol. The predicted octanol–water partition coefficient (Wildman–Crippen LogP) is 1.40. The van der Waals surface area contributed by atoms with Crippen LogP contribution < -0.4 is 20.5 Å². The SMILES string of the molecule is COCCCC(N)C(=O)Nc1cc(OC)cc(OC)c1. The summed E-state index contributed by atoms with van der Waals surface area (Å²) >= 11 is 0. The van der Waals surface area contributed by atoms with Crippen LogP contribution in [-0.2, 0) is 9.53 Å². The normalized spacial score (nSPS) is 11.8. The molecule has 0 aliphatic heterocycles. The molecule has 1 aromatic carbocycles. The van der Waals surface area contributed by atoms with Gasteiger partial charge in [0.2, 0.25) is 5.91 Å². The van der Waals surface area contributed by atoms with Crippen LogP contribution in [0.25, 0.3) is 0 Å². The summed E-state index contributed by atoms with van der Waals surface area (Å²) in [4.78, 5) is 11.9. The molecule has 0 saturated carbocycles. The quantitative estimate of drug-likeness (QED) is 0.704. The maximum Gasteiger partial charge on any atom is 0.241 e. The number of nitrogens with one attached hydrogen (secondary N) is 1. The third-order valence-electron chi connectivity index (χ3n) is 2.82. The van der Waals surface area contributed by atoms with Crippen molar-refractivity contribution in [2.75, 3.05) is 33.3 Å². The lowest BCUT2D eigenvalue weighted by Crippen LogP contribution is -2.35. The lowest BCUT2D eigenvalue weighted by molar-refractivity contribution is -0.117. The molecule has 0 spiro atoms. The van der Waals surface area contributed by atoms with E-state index in [0.717, 1.165) is 6.42 Å². The van der Waals surface area contributed by atoms with Crippen LogP contribution in [0.4, 0.5) is 5.69 Å². The van der Waals surface area contributed by atoms with Gasteiger partial charge in [-0.25, -0.2) is 0 Å². The van der Waals surface area contributed by atoms with Crippen molar-refractivity contribution in [3.05, 3.63) is 18.2 Å². The molecule has 0 aromatic heterocycles. The lowest BCUT2D eigenvalue weighted by Gasteiger charge is -2.13. The summed E-state index contributed by atoms with van der Waals surface area (Å²) < 4.78 is 15.2. The van der Waals surface area contributed by atoms with Gasteiger partial charge in [-0.2, -0.15) is 0 Å². The minimum atomic E-state index is -0.567. The fourth-order valence-corrected chi connectivity index (χ4v) is 1.69. The minimum absolute atomic E-state index is 0.239. The molecule has 20 heavy (non-hydrogen) atoms. The first kappa shape index (κ1) is 16.3. The molecule has 1 unspecified atom stereocenters. The first-order chi connectivity index (χ1) is 9.60. The van der Waals surface area contributed by atoms with Crippen LogP contribution >= 0.6 is 0 Å². The van der Waals surface area contributed by atoms with Crippen molar-refractivity contribution >= 4 is 11.6 Å². The zero-order valence-corrected chi connectivity index (χ0v) is 12.1. The van der Waals surface area contributed by atoms with Crippen molar-refractivity contribution in [2.45, 2.75) is 18.9 Å². The van der Waals surface area contributed by atoms with E-state index in [1.165, 1.54) is 0 Å². The van der Waals surface area contributed by atoms with E-state index < -0.39 is 6.04 Å². The Labute approximate surface area is 119 Å². The second-order valence-corrected chi connectivity index (χ2v) is 4.33. The first-order valence-electron chi connectivity index (χ1n) is 6.39. The Kier molecular flexibility index (Phi) is 6.83. The van der Waals surface area contributed by atoms with Crippen molar-refractivity contribution in [3.8, 4) is 11.5 Å². The monoisotopic (exact) mass is 282 g/mol. The van der Waals surface area contributed by atoms with E-state index in [0.29, 0.717) is 30.2 Å². The Morgan fingerprint density at radius 2 is 1.80 bits per heavy atom. The van der Waals surface area contributed by atoms with E-state index >= 15 is 0 Å². The van der Waals surface area contributed by atoms with Crippen molar-refractivity contribution in [1.29, 1.82) is 0 Å². The molecule has 1 rings (SSSR count). The minimum Gasteiger partial charge on any atom is -0.497 e. The number of benzene rings is 1. The highest BCUT2D eigenvalue weighted by molar-refractivity contribution is 5.95. The second kappa shape index (κ2) is 8.39. The summed E-state index contributed by atoms with van der Waals surface area (Å²) in [7, 11) is 4.72. The summed E-state index contributed by atoms with van der Waals surface area (Å²) in [6, 6.07) is 4.58. The largest absolute Gasteiger partial charge is 0.497 e. The number of carbonyl (C=O) groups is 1. The summed E-state index contributed by atoms with van der Waals surface area (Å²) in [6.45, 7) is 0.591. The number of methoxy groups -OCH3 is 3. The Morgan fingerprint density at radius 1 is 1.20 bits per heavy atom. The van der Waals surface area contributed by atoms with Crippen LogP contribution in [0.2, 0.25) is 0 Å². The second-order valence-electron chi connectivity index (χ2n) is 4.33. The molecule has 0 saturated heterocycles. The molecule has 0 aliphatic rings. The number of ether oxygens (including phenoxy) is 3. The van der Waals surface area contributed by atoms with Gasteiger partial charge in [-0.15, -0.1) is 0 Å². The van der Waals surface area contributed by atoms with E-state index in [-0.39, 0.29) is 5.91 Å². The zero-order chi connectivity index (χ0) is 15.0. The van der Waals surface area contributed by atoms with Crippen molar-refractivity contribution in [1.82, 2.24) is 0 Å². The van der Waals surface area contributed by atoms with E-state index in [9.17, 15) is 4.79 Å². The van der Waals surface area contributed by atoms with Gasteiger partial charge in [0, 0.05) is 37.6 Å². The standard InChI is InChI=1S/C14H22N2O4/c1-18-6-4-5-13(15)14(17)16-10-7-11(19-2)9-12(8-10)20-3/h7-9,13H,4-6,15H2,1-3H3,(H,16,17). The molecule has 1 aromatic rings. The van der Waals surface area contributed by atoms with Crippen LogP contribution in [0.1, 0.15) is 12.8 Å². The summed E-state index contributed by atoms with van der Waals surface area (Å²) in [5.41, 5.74) is 6.41. The van der Waals surface area contributed by atoms with Gasteiger partial charge in [0.25, 0.3) is 0 Å². The van der Waals surface area contributed by atoms with Crippen LogP contribution in [0, 0.1) is 0 Å². The summed E-state index contributed by atoms with van der Waals surface area (Å²) in [5.74, 6) is 0.969. The molecule has 1 amide bonds. The summed E-state index contributed by atoms with van der Waals surface area (Å²) in [5, 5.41) is 2.75. The van der Waals surface area contributed by atoms with E-state index in [4.69, 9.17) is 19.9 Å². The fourth-order valence-electron chi connectivity index (χ4n) is 1.69. The Hall–Kier alpha value is -1.79. The Morgan fingerprint density at radius 3 is 2.30 bits per heavy atom. The number of hydrogen-bond acceptors (Lipinski definition) is 5. The molecule has 6 heteroatoms. The highest BCUT2D eigenvalue weighted by Gasteiger charge is 2.14. The molecule has 112 valence electrons. The van der Waals surface area contributed by atoms with Crippen LogP contribution in [0.15, 0.2) is 18.2 Å². The topological polar surface area (TPSA) is 82.8 Å². The Bertz CT molecular complexity index is 415. The van der Waals surface area contributed by atoms with Crippen LogP contribution in [-0.4, -0.2) is 39.9 Å². The van der Waals surface area contributed by atoms with Crippen molar-refractivity contribution < 1.29 is 19.0 Å². The first-order valence-corrected chi connectivity index (χ1v) is 6.39. The molecule has 0 radical (unpaired) electrons. The third-order valence-corrected chi connectivity index (χ3v) is 2.82. The lowest BCUT2D eigenvalue weighted by atomic mass is 10.1. The highest BCUT2D eigenvalue weighted by Crippen LogP contribution is 2.25. The van der Waals surface area contributed by atoms with E-state index in [2.05, 4.69) is 5.32 Å². The van der Waals surface area contributed by atoms with Crippen LogP contribution in [0.3, 0.4) is 0 Å². The van der Waals surface area contributed by atoms with Gasteiger partial charge in [0.15, 0.2) is 0 Å². The number of carbonyl (C=O) groups excluding carboxylic acids is 1. The maximum atomic E-state index is 11.9. The third kappa shape index (κ3) is 5.07. The molecule has 6 nitrogen and oxygen atoms in total. The van der Waals surface area contributed by atoms with Gasteiger partial charge < -0.3 is 25.3 Å². The fraction of sp³-hybridized carbons (Fsp3) is 0.500. The Balaban J connectivity index is 2.64. The number of rotatable bonds is 8. The predicted molar refractivity (Wildman–Crippen MR) is 77.3 cm³/mol. The molecule has 0 heterocycles. The van der Waals surface area contributed by atoms with Crippen molar-refractivity contribution in [3.63, 3.8) is 0 Å². The van der Waals surface area contributed by atoms with Gasteiger partial charge in [-0.3, -0.25) is 4.79 Å². The van der Waals surface area contributed by atoms with Gasteiger partial charge >= 0.3 is 0 Å². The van der Waals surface area contributed by atoms with Gasteiger partial charge in [0.1, 0.15) is 11.5 Å². The van der Waals surface area contributed by atoms with Crippen LogP contribution in [0.5, 0.6) is 11.5 Å². The van der Waals surface area contributed by atoms with Gasteiger partial charge in [0.05, 0.1) is 20.3 Å². The average Bonchev–Trinajstić information content (AvgIpc) is 2.46. The molecule has 0 bridgehead atoms. The van der Waals surface area contributed by atoms with E-state index in [1.54, 1.807) is 39.5 Å². The zero-order valence-electron chi connectivity index (χ0n) is 12.1. The molecule has 1 atom stereocenters. The molecule has 3 N–H and O–H groups in total. The summed E-state index contributed by atoms with van der Waals surface area (Å²) in [6.07, 6.45) is 1.31. The number of amides is 1. The molecule has 0 aliphatic carbocycles. The molecule has 0 fully saturated rings. The number of hydrogen-bond donors (Lipinski definition) is 2. The van der Waals surface area contributed by atoms with Gasteiger partial charge in [-0.1, -0.05) is 0 Å². The number of anilines is 1. The number of nitrogens with two attached hydrogens (primary N) is 1.